The highest BCUT2D eigenvalue weighted by molar-refractivity contribution is 5.94. The van der Waals surface area contributed by atoms with Gasteiger partial charge < -0.3 is 25.7 Å². The molecule has 1 unspecified atom stereocenters. The molecule has 2 amide bonds. The summed E-state index contributed by atoms with van der Waals surface area (Å²) < 4.78 is 0. The lowest BCUT2D eigenvalue weighted by Crippen LogP contribution is -2.41. The van der Waals surface area contributed by atoms with Gasteiger partial charge in [0.15, 0.2) is 0 Å². The van der Waals surface area contributed by atoms with E-state index >= 15 is 0 Å². The number of anilines is 1. The number of hydrogen-bond acceptors (Lipinski definition) is 4. The number of urea groups is 1. The number of amides is 2. The quantitative estimate of drug-likeness (QED) is 0.648. The number of aromatic hydroxyl groups is 1. The number of carbonyl (C=O) groups is 2. The third-order valence-corrected chi connectivity index (χ3v) is 2.50. The van der Waals surface area contributed by atoms with Crippen molar-refractivity contribution in [1.82, 2.24) is 10.2 Å². The fraction of sp³-hybridized carbons (Fsp3) is 0.385. The summed E-state index contributed by atoms with van der Waals surface area (Å²) in [5, 5.41) is 23.6. The first-order valence-corrected chi connectivity index (χ1v) is 6.08. The highest BCUT2D eigenvalue weighted by Crippen LogP contribution is 2.21. The van der Waals surface area contributed by atoms with Gasteiger partial charge in [-0.15, -0.1) is 0 Å². The second-order valence-electron chi connectivity index (χ2n) is 4.80. The molecule has 0 saturated heterocycles. The summed E-state index contributed by atoms with van der Waals surface area (Å²) in [5.41, 5.74) is 0.110. The molecule has 0 radical (unpaired) electrons. The van der Waals surface area contributed by atoms with Crippen molar-refractivity contribution in [2.45, 2.75) is 13.0 Å². The maximum absolute atomic E-state index is 11.7. The van der Waals surface area contributed by atoms with Gasteiger partial charge >= 0.3 is 12.0 Å². The Bertz CT molecular complexity index is 502. The van der Waals surface area contributed by atoms with Crippen molar-refractivity contribution in [2.24, 2.45) is 0 Å². The molecule has 1 aromatic carbocycles. The van der Waals surface area contributed by atoms with Gasteiger partial charge in [-0.25, -0.2) is 9.59 Å². The first-order chi connectivity index (χ1) is 9.29. The summed E-state index contributed by atoms with van der Waals surface area (Å²) in [6, 6.07) is 3.38. The Labute approximate surface area is 117 Å². The van der Waals surface area contributed by atoms with Gasteiger partial charge in [0, 0.05) is 24.3 Å². The van der Waals surface area contributed by atoms with Crippen LogP contribution in [0.15, 0.2) is 18.2 Å². The van der Waals surface area contributed by atoms with Crippen molar-refractivity contribution in [3.8, 4) is 5.75 Å². The van der Waals surface area contributed by atoms with E-state index in [-0.39, 0.29) is 11.6 Å². The lowest BCUT2D eigenvalue weighted by atomic mass is 10.2. The topological polar surface area (TPSA) is 102 Å². The summed E-state index contributed by atoms with van der Waals surface area (Å²) in [7, 11) is 3.80. The molecule has 4 N–H and O–H groups in total. The normalized spacial score (nSPS) is 12.0. The smallest absolute Gasteiger partial charge is 0.339 e. The molecule has 0 fully saturated rings. The minimum Gasteiger partial charge on any atom is -0.507 e. The molecule has 20 heavy (non-hydrogen) atoms. The van der Waals surface area contributed by atoms with Gasteiger partial charge in [-0.05, 0) is 33.2 Å². The molecule has 7 heteroatoms. The Morgan fingerprint density at radius 2 is 2.00 bits per heavy atom. The van der Waals surface area contributed by atoms with Crippen LogP contribution in [0.25, 0.3) is 0 Å². The Balaban J connectivity index is 2.63. The van der Waals surface area contributed by atoms with Crippen LogP contribution in [-0.4, -0.2) is 53.8 Å². The first-order valence-electron chi connectivity index (χ1n) is 6.08. The van der Waals surface area contributed by atoms with E-state index in [9.17, 15) is 14.7 Å². The number of carboxylic acids is 1. The van der Waals surface area contributed by atoms with Crippen LogP contribution in [0.5, 0.6) is 5.75 Å². The lowest BCUT2D eigenvalue weighted by molar-refractivity contribution is 0.0694. The molecule has 0 aliphatic carbocycles. The largest absolute Gasteiger partial charge is 0.507 e. The molecule has 7 nitrogen and oxygen atoms in total. The number of nitrogens with one attached hydrogen (secondary N) is 2. The Morgan fingerprint density at radius 3 is 2.50 bits per heavy atom. The third-order valence-electron chi connectivity index (χ3n) is 2.50. The van der Waals surface area contributed by atoms with E-state index in [1.54, 1.807) is 0 Å². The number of aromatic carboxylic acids is 1. The number of phenols is 1. The molecule has 0 spiro atoms. The van der Waals surface area contributed by atoms with Crippen LogP contribution in [0.1, 0.15) is 17.3 Å². The van der Waals surface area contributed by atoms with Crippen molar-refractivity contribution >= 4 is 17.7 Å². The van der Waals surface area contributed by atoms with Gasteiger partial charge in [0.05, 0.1) is 0 Å². The van der Waals surface area contributed by atoms with Crippen molar-refractivity contribution < 1.29 is 19.8 Å². The predicted molar refractivity (Wildman–Crippen MR) is 75.2 cm³/mol. The SMILES string of the molecule is CC(CN(C)C)NC(=O)Nc1ccc(C(=O)O)c(O)c1. The maximum atomic E-state index is 11.7. The summed E-state index contributed by atoms with van der Waals surface area (Å²) >= 11 is 0. The van der Waals surface area contributed by atoms with E-state index in [0.717, 1.165) is 0 Å². The van der Waals surface area contributed by atoms with E-state index in [2.05, 4.69) is 10.6 Å². The number of carboxylic acid groups (broad SMARTS) is 1. The third kappa shape index (κ3) is 4.77. The van der Waals surface area contributed by atoms with Crippen LogP contribution in [0.3, 0.4) is 0 Å². The zero-order chi connectivity index (χ0) is 15.3. The van der Waals surface area contributed by atoms with Gasteiger partial charge in [-0.1, -0.05) is 0 Å². The average molecular weight is 281 g/mol. The molecule has 0 saturated carbocycles. The second kappa shape index (κ2) is 6.76. The number of rotatable bonds is 5. The molecule has 110 valence electrons. The molecule has 0 bridgehead atoms. The molecule has 1 rings (SSSR count). The molecule has 0 aliphatic rings. The van der Waals surface area contributed by atoms with Gasteiger partial charge in [0.2, 0.25) is 0 Å². The molecule has 1 atom stereocenters. The Morgan fingerprint density at radius 1 is 1.35 bits per heavy atom. The van der Waals surface area contributed by atoms with Gasteiger partial charge in [-0.2, -0.15) is 0 Å². The van der Waals surface area contributed by atoms with Crippen molar-refractivity contribution in [1.29, 1.82) is 0 Å². The lowest BCUT2D eigenvalue weighted by Gasteiger charge is -2.18. The number of nitrogens with zero attached hydrogens (tertiary/aromatic N) is 1. The average Bonchev–Trinajstić information content (AvgIpc) is 2.26. The fourth-order valence-electron chi connectivity index (χ4n) is 1.77. The van der Waals surface area contributed by atoms with Crippen LogP contribution in [0.2, 0.25) is 0 Å². The second-order valence-corrected chi connectivity index (χ2v) is 4.80. The molecule has 0 aliphatic heterocycles. The minimum absolute atomic E-state index is 0.0445. The van der Waals surface area contributed by atoms with Crippen molar-refractivity contribution in [3.63, 3.8) is 0 Å². The summed E-state index contributed by atoms with van der Waals surface area (Å²) in [5.74, 6) is -1.62. The van der Waals surface area contributed by atoms with E-state index in [1.165, 1.54) is 18.2 Å². The monoisotopic (exact) mass is 281 g/mol. The Kier molecular flexibility index (Phi) is 5.33. The highest BCUT2D eigenvalue weighted by atomic mass is 16.4. The summed E-state index contributed by atoms with van der Waals surface area (Å²) in [6.07, 6.45) is 0. The van der Waals surface area contributed by atoms with Crippen molar-refractivity contribution in [3.05, 3.63) is 23.8 Å². The number of likely N-dealkylation sites (N-methyl/N-ethyl adjacent to an activating group) is 1. The van der Waals surface area contributed by atoms with Crippen LogP contribution in [0.4, 0.5) is 10.5 Å². The molecule has 0 heterocycles. The van der Waals surface area contributed by atoms with Gasteiger partial charge in [-0.3, -0.25) is 0 Å². The fourth-order valence-corrected chi connectivity index (χ4v) is 1.77. The van der Waals surface area contributed by atoms with Crippen molar-refractivity contribution in [2.75, 3.05) is 26.0 Å². The van der Waals surface area contributed by atoms with Crippen LogP contribution in [-0.2, 0) is 0 Å². The zero-order valence-corrected chi connectivity index (χ0v) is 11.7. The van der Waals surface area contributed by atoms with Crippen LogP contribution in [0, 0.1) is 0 Å². The summed E-state index contributed by atoms with van der Waals surface area (Å²) in [6.45, 7) is 2.56. The van der Waals surface area contributed by atoms with E-state index in [0.29, 0.717) is 12.2 Å². The van der Waals surface area contributed by atoms with Crippen LogP contribution < -0.4 is 10.6 Å². The molecular formula is C13H19N3O4. The molecular weight excluding hydrogens is 262 g/mol. The number of benzene rings is 1. The highest BCUT2D eigenvalue weighted by Gasteiger charge is 2.12. The standard InChI is InChI=1S/C13H19N3O4/c1-8(7-16(2)3)14-13(20)15-9-4-5-10(12(18)19)11(17)6-9/h4-6,8,17H,7H2,1-3H3,(H,18,19)(H2,14,15,20). The molecule has 1 aromatic rings. The minimum atomic E-state index is -1.22. The first kappa shape index (κ1) is 15.8. The zero-order valence-electron chi connectivity index (χ0n) is 11.7. The number of carbonyl (C=O) groups excluding carboxylic acids is 1. The van der Waals surface area contributed by atoms with E-state index in [4.69, 9.17) is 5.11 Å². The Hall–Kier alpha value is -2.28. The number of hydrogen-bond donors (Lipinski definition) is 4. The van der Waals surface area contributed by atoms with E-state index < -0.39 is 17.7 Å². The molecule has 0 aromatic heterocycles. The predicted octanol–water partition coefficient (Wildman–Crippen LogP) is 1.16. The van der Waals surface area contributed by atoms with Gasteiger partial charge in [0.25, 0.3) is 0 Å². The van der Waals surface area contributed by atoms with Gasteiger partial charge in [0.1, 0.15) is 11.3 Å². The maximum Gasteiger partial charge on any atom is 0.339 e. The van der Waals surface area contributed by atoms with E-state index in [1.807, 2.05) is 25.9 Å². The van der Waals surface area contributed by atoms with Crippen LogP contribution >= 0.6 is 0 Å². The summed E-state index contributed by atoms with van der Waals surface area (Å²) in [4.78, 5) is 24.4.